The number of carbonyl (C=O) groups excluding carboxylic acids is 3. The van der Waals surface area contributed by atoms with Crippen LogP contribution in [0.5, 0.6) is 0 Å². The van der Waals surface area contributed by atoms with Crippen molar-refractivity contribution in [3.63, 3.8) is 0 Å². The predicted molar refractivity (Wildman–Crippen MR) is 238 cm³/mol. The van der Waals surface area contributed by atoms with Crippen LogP contribution in [0, 0.1) is 5.92 Å². The highest BCUT2D eigenvalue weighted by Crippen LogP contribution is 2.17. The van der Waals surface area contributed by atoms with Crippen molar-refractivity contribution in [2.75, 3.05) is 13.2 Å². The van der Waals surface area contributed by atoms with Gasteiger partial charge in [0.05, 0.1) is 0 Å². The zero-order valence-electron chi connectivity index (χ0n) is 38.1. The molecule has 0 spiro atoms. The van der Waals surface area contributed by atoms with Crippen LogP contribution >= 0.6 is 0 Å². The maximum atomic E-state index is 12.7. The number of unbranched alkanes of at least 4 members (excludes halogenated alkanes) is 32. The van der Waals surface area contributed by atoms with Crippen molar-refractivity contribution < 1.29 is 28.6 Å². The van der Waals surface area contributed by atoms with Crippen LogP contribution in [0.4, 0.5) is 0 Å². The first-order valence-electron chi connectivity index (χ1n) is 24.9. The van der Waals surface area contributed by atoms with Crippen LogP contribution in [0.1, 0.15) is 278 Å². The Bertz CT molecular complexity index is 841. The molecule has 0 amide bonds. The second-order valence-electron chi connectivity index (χ2n) is 17.6. The number of hydrogen-bond acceptors (Lipinski definition) is 6. The van der Waals surface area contributed by atoms with Gasteiger partial charge in [-0.1, -0.05) is 240 Å². The SMILES string of the molecule is CCCCCCCCCCCCCCCCC(=O)OC[C@@H](COC(=O)CCCCCCCCCCCC)OC(=O)CCCCCCCCCCCCCC(C)C. The van der Waals surface area contributed by atoms with Gasteiger partial charge in [0.15, 0.2) is 6.10 Å². The zero-order chi connectivity index (χ0) is 41.0. The number of esters is 3. The lowest BCUT2D eigenvalue weighted by Crippen LogP contribution is -2.30. The molecule has 0 unspecified atom stereocenters. The molecule has 0 aliphatic carbocycles. The maximum Gasteiger partial charge on any atom is 0.306 e. The Labute approximate surface area is 348 Å². The normalized spacial score (nSPS) is 11.9. The van der Waals surface area contributed by atoms with Gasteiger partial charge in [-0.3, -0.25) is 14.4 Å². The molecule has 0 aliphatic heterocycles. The van der Waals surface area contributed by atoms with Crippen LogP contribution in [0.15, 0.2) is 0 Å². The molecule has 0 N–H and O–H groups in total. The lowest BCUT2D eigenvalue weighted by atomic mass is 10.0. The molecule has 0 fully saturated rings. The topological polar surface area (TPSA) is 78.9 Å². The first-order valence-corrected chi connectivity index (χ1v) is 24.9. The van der Waals surface area contributed by atoms with Crippen molar-refractivity contribution >= 4 is 17.9 Å². The van der Waals surface area contributed by atoms with Crippen molar-refractivity contribution in [1.29, 1.82) is 0 Å². The molecule has 6 nitrogen and oxygen atoms in total. The molecule has 0 aromatic rings. The summed E-state index contributed by atoms with van der Waals surface area (Å²) < 4.78 is 16.8. The van der Waals surface area contributed by atoms with Gasteiger partial charge in [0.2, 0.25) is 0 Å². The van der Waals surface area contributed by atoms with Gasteiger partial charge in [0, 0.05) is 19.3 Å². The Morgan fingerprint density at radius 1 is 0.339 bits per heavy atom. The van der Waals surface area contributed by atoms with Crippen molar-refractivity contribution in [1.82, 2.24) is 0 Å². The Morgan fingerprint density at radius 3 is 0.875 bits per heavy atom. The average molecular weight is 793 g/mol. The first kappa shape index (κ1) is 54.4. The van der Waals surface area contributed by atoms with Crippen molar-refractivity contribution in [3.8, 4) is 0 Å². The van der Waals surface area contributed by atoms with E-state index < -0.39 is 6.10 Å². The van der Waals surface area contributed by atoms with E-state index in [1.54, 1.807) is 0 Å². The van der Waals surface area contributed by atoms with E-state index >= 15 is 0 Å². The summed E-state index contributed by atoms with van der Waals surface area (Å²) in [5.74, 6) is -0.0236. The van der Waals surface area contributed by atoms with Crippen LogP contribution in [-0.2, 0) is 28.6 Å². The van der Waals surface area contributed by atoms with Gasteiger partial charge in [0.1, 0.15) is 13.2 Å². The number of hydrogen-bond donors (Lipinski definition) is 0. The summed E-state index contributed by atoms with van der Waals surface area (Å²) in [5, 5.41) is 0. The standard InChI is InChI=1S/C50H96O6/c1-5-7-9-11-13-15-17-18-19-22-26-30-34-38-42-49(52)55-45-47(44-54-48(51)41-37-33-29-25-16-14-12-10-8-6-2)56-50(53)43-39-35-31-27-23-20-21-24-28-32-36-40-46(3)4/h46-47H,5-45H2,1-4H3/t47-/m1/s1. The molecule has 0 aromatic carbocycles. The number of carbonyl (C=O) groups is 3. The minimum absolute atomic E-state index is 0.0631. The molecule has 0 radical (unpaired) electrons. The van der Waals surface area contributed by atoms with Gasteiger partial charge in [0.25, 0.3) is 0 Å². The van der Waals surface area contributed by atoms with E-state index in [0.717, 1.165) is 63.7 Å². The van der Waals surface area contributed by atoms with Crippen molar-refractivity contribution in [3.05, 3.63) is 0 Å². The molecule has 1 atom stereocenters. The Morgan fingerprint density at radius 2 is 0.589 bits per heavy atom. The summed E-state index contributed by atoms with van der Waals surface area (Å²) >= 11 is 0. The summed E-state index contributed by atoms with van der Waals surface area (Å²) in [6, 6.07) is 0. The number of ether oxygens (including phenoxy) is 3. The molecule has 6 heteroatoms. The fraction of sp³-hybridized carbons (Fsp3) is 0.940. The van der Waals surface area contributed by atoms with E-state index in [0.29, 0.717) is 19.3 Å². The largest absolute Gasteiger partial charge is 0.462 e. The van der Waals surface area contributed by atoms with Crippen LogP contribution in [0.25, 0.3) is 0 Å². The van der Waals surface area contributed by atoms with Gasteiger partial charge in [-0.2, -0.15) is 0 Å². The Kier molecular flexibility index (Phi) is 43.2. The highest BCUT2D eigenvalue weighted by Gasteiger charge is 2.19. The lowest BCUT2D eigenvalue weighted by molar-refractivity contribution is -0.167. The van der Waals surface area contributed by atoms with E-state index in [1.165, 1.54) is 173 Å². The summed E-state index contributed by atoms with van der Waals surface area (Å²) in [5.41, 5.74) is 0. The second-order valence-corrected chi connectivity index (χ2v) is 17.6. The summed E-state index contributed by atoms with van der Waals surface area (Å²) in [7, 11) is 0. The quantitative estimate of drug-likeness (QED) is 0.0347. The van der Waals surface area contributed by atoms with Crippen LogP contribution in [0.3, 0.4) is 0 Å². The van der Waals surface area contributed by atoms with E-state index in [-0.39, 0.29) is 31.1 Å². The van der Waals surface area contributed by atoms with Gasteiger partial charge in [-0.05, 0) is 25.2 Å². The highest BCUT2D eigenvalue weighted by molar-refractivity contribution is 5.71. The second kappa shape index (κ2) is 44.5. The summed E-state index contributed by atoms with van der Waals surface area (Å²) in [4.78, 5) is 37.8. The molecular formula is C50H96O6. The molecule has 0 saturated carbocycles. The van der Waals surface area contributed by atoms with Crippen LogP contribution in [-0.4, -0.2) is 37.2 Å². The molecular weight excluding hydrogens is 697 g/mol. The fourth-order valence-electron chi connectivity index (χ4n) is 7.51. The third-order valence-corrected chi connectivity index (χ3v) is 11.3. The smallest absolute Gasteiger partial charge is 0.306 e. The Balaban J connectivity index is 4.30. The highest BCUT2D eigenvalue weighted by atomic mass is 16.6. The van der Waals surface area contributed by atoms with E-state index in [1.807, 2.05) is 0 Å². The molecule has 0 saturated heterocycles. The molecule has 0 aromatic heterocycles. The Hall–Kier alpha value is -1.59. The third-order valence-electron chi connectivity index (χ3n) is 11.3. The molecule has 0 heterocycles. The van der Waals surface area contributed by atoms with Crippen LogP contribution < -0.4 is 0 Å². The van der Waals surface area contributed by atoms with E-state index in [4.69, 9.17) is 14.2 Å². The van der Waals surface area contributed by atoms with E-state index in [2.05, 4.69) is 27.7 Å². The van der Waals surface area contributed by atoms with Crippen molar-refractivity contribution in [2.45, 2.75) is 284 Å². The van der Waals surface area contributed by atoms with Crippen molar-refractivity contribution in [2.24, 2.45) is 5.92 Å². The van der Waals surface area contributed by atoms with E-state index in [9.17, 15) is 14.4 Å². The van der Waals surface area contributed by atoms with Gasteiger partial charge in [-0.25, -0.2) is 0 Å². The van der Waals surface area contributed by atoms with Gasteiger partial charge < -0.3 is 14.2 Å². The fourth-order valence-corrected chi connectivity index (χ4v) is 7.51. The number of rotatable bonds is 45. The average Bonchev–Trinajstić information content (AvgIpc) is 3.18. The van der Waals surface area contributed by atoms with Crippen LogP contribution in [0.2, 0.25) is 0 Å². The first-order chi connectivity index (χ1) is 27.4. The van der Waals surface area contributed by atoms with Gasteiger partial charge >= 0.3 is 17.9 Å². The minimum Gasteiger partial charge on any atom is -0.462 e. The third kappa shape index (κ3) is 43.5. The molecule has 0 bridgehead atoms. The molecule has 0 aliphatic rings. The lowest BCUT2D eigenvalue weighted by Gasteiger charge is -2.18. The molecule has 56 heavy (non-hydrogen) atoms. The maximum absolute atomic E-state index is 12.7. The summed E-state index contributed by atoms with van der Waals surface area (Å²) in [6.45, 7) is 9.00. The molecule has 0 rings (SSSR count). The predicted octanol–water partition coefficient (Wildman–Crippen LogP) is 15.9. The van der Waals surface area contributed by atoms with Gasteiger partial charge in [-0.15, -0.1) is 0 Å². The monoisotopic (exact) mass is 793 g/mol. The summed E-state index contributed by atoms with van der Waals surface area (Å²) in [6.07, 6.45) is 45.1. The minimum atomic E-state index is -0.759. The zero-order valence-corrected chi connectivity index (χ0v) is 38.1. The molecule has 332 valence electrons.